The summed E-state index contributed by atoms with van der Waals surface area (Å²) in [6.45, 7) is 1.31. The smallest absolute Gasteiger partial charge is 0.378 e. The number of methoxy groups -OCH3 is 1. The molecule has 18 heavy (non-hydrogen) atoms. The van der Waals surface area contributed by atoms with Gasteiger partial charge in [-0.2, -0.15) is 13.2 Å². The second-order valence-electron chi connectivity index (χ2n) is 4.11. The third-order valence-electron chi connectivity index (χ3n) is 2.88. The fraction of sp³-hybridized carbons (Fsp3) is 0.545. The molecular weight excluding hydrogens is 247 g/mol. The van der Waals surface area contributed by atoms with Crippen molar-refractivity contribution in [1.29, 1.82) is 0 Å². The van der Waals surface area contributed by atoms with Crippen molar-refractivity contribution in [3.63, 3.8) is 0 Å². The second-order valence-corrected chi connectivity index (χ2v) is 4.11. The van der Waals surface area contributed by atoms with Crippen LogP contribution < -0.4 is 10.6 Å². The highest BCUT2D eigenvalue weighted by Crippen LogP contribution is 2.30. The summed E-state index contributed by atoms with van der Waals surface area (Å²) in [5, 5.41) is 6.06. The lowest BCUT2D eigenvalue weighted by molar-refractivity contribution is -0.137. The lowest BCUT2D eigenvalue weighted by Gasteiger charge is -2.19. The molecule has 1 unspecified atom stereocenters. The van der Waals surface area contributed by atoms with Gasteiger partial charge in [0.25, 0.3) is 0 Å². The van der Waals surface area contributed by atoms with Crippen molar-refractivity contribution in [3.8, 4) is 0 Å². The molecule has 0 spiro atoms. The Morgan fingerprint density at radius 2 is 2.22 bits per heavy atom. The molecule has 1 saturated heterocycles. The number of pyridine rings is 1. The number of nitrogens with one attached hydrogen (secondary N) is 2. The maximum atomic E-state index is 12.5. The zero-order chi connectivity index (χ0) is 13.2. The molecule has 4 nitrogen and oxygen atoms in total. The number of hydrogen-bond donors (Lipinski definition) is 2. The highest BCUT2D eigenvalue weighted by molar-refractivity contribution is 5.40. The maximum absolute atomic E-state index is 12.5. The molecule has 7 heteroatoms. The minimum absolute atomic E-state index is 0.0682. The summed E-state index contributed by atoms with van der Waals surface area (Å²) >= 11 is 0. The molecule has 0 amide bonds. The Bertz CT molecular complexity index is 411. The topological polar surface area (TPSA) is 46.2 Å². The van der Waals surface area contributed by atoms with Gasteiger partial charge in [-0.25, -0.2) is 4.98 Å². The fourth-order valence-corrected chi connectivity index (χ4v) is 1.92. The minimum Gasteiger partial charge on any atom is -0.378 e. The van der Waals surface area contributed by atoms with Crippen LogP contribution in [0.5, 0.6) is 0 Å². The van der Waals surface area contributed by atoms with Crippen molar-refractivity contribution in [1.82, 2.24) is 10.3 Å². The molecule has 0 radical (unpaired) electrons. The van der Waals surface area contributed by atoms with Gasteiger partial charge in [0.15, 0.2) is 0 Å². The number of nitrogens with zero attached hydrogens (tertiary/aromatic N) is 1. The number of hydrogen-bond acceptors (Lipinski definition) is 4. The Balaban J connectivity index is 2.10. The van der Waals surface area contributed by atoms with Gasteiger partial charge in [-0.05, 0) is 12.1 Å². The van der Waals surface area contributed by atoms with E-state index in [1.165, 1.54) is 0 Å². The SMILES string of the molecule is CO[C@H]1CNCC1Nc1cc(C(F)(F)F)ccn1. The van der Waals surface area contributed by atoms with E-state index in [0.717, 1.165) is 18.3 Å². The summed E-state index contributed by atoms with van der Waals surface area (Å²) in [5.41, 5.74) is -0.708. The summed E-state index contributed by atoms with van der Waals surface area (Å²) in [4.78, 5) is 3.89. The summed E-state index contributed by atoms with van der Waals surface area (Å²) in [6, 6.07) is 1.88. The van der Waals surface area contributed by atoms with Gasteiger partial charge in [0.05, 0.1) is 17.7 Å². The largest absolute Gasteiger partial charge is 0.416 e. The fourth-order valence-electron chi connectivity index (χ4n) is 1.92. The molecule has 0 aliphatic carbocycles. The van der Waals surface area contributed by atoms with Crippen molar-refractivity contribution < 1.29 is 17.9 Å². The lowest BCUT2D eigenvalue weighted by atomic mass is 10.2. The van der Waals surface area contributed by atoms with Crippen LogP contribution in [0.3, 0.4) is 0 Å². The molecule has 1 fully saturated rings. The molecule has 1 aliphatic heterocycles. The standard InChI is InChI=1S/C11H14F3N3O/c1-18-9-6-15-5-8(9)17-10-4-7(2-3-16-10)11(12,13)14/h2-4,8-9,15H,5-6H2,1H3,(H,16,17)/t8?,9-/m0/s1. The summed E-state index contributed by atoms with van der Waals surface area (Å²) in [7, 11) is 1.58. The van der Waals surface area contributed by atoms with E-state index in [4.69, 9.17) is 4.74 Å². The molecule has 0 bridgehead atoms. The first-order valence-corrected chi connectivity index (χ1v) is 5.54. The zero-order valence-electron chi connectivity index (χ0n) is 9.79. The number of halogens is 3. The van der Waals surface area contributed by atoms with Crippen LogP contribution in [0.2, 0.25) is 0 Å². The first-order valence-electron chi connectivity index (χ1n) is 5.54. The quantitative estimate of drug-likeness (QED) is 0.865. The van der Waals surface area contributed by atoms with E-state index in [1.807, 2.05) is 0 Å². The van der Waals surface area contributed by atoms with Gasteiger partial charge in [-0.15, -0.1) is 0 Å². The third-order valence-corrected chi connectivity index (χ3v) is 2.88. The van der Waals surface area contributed by atoms with Crippen molar-refractivity contribution in [3.05, 3.63) is 23.9 Å². The van der Waals surface area contributed by atoms with E-state index in [-0.39, 0.29) is 18.0 Å². The molecule has 0 aromatic carbocycles. The van der Waals surface area contributed by atoms with Gasteiger partial charge < -0.3 is 15.4 Å². The Kier molecular flexibility index (Phi) is 3.72. The predicted molar refractivity (Wildman–Crippen MR) is 60.3 cm³/mol. The van der Waals surface area contributed by atoms with Crippen LogP contribution in [0.15, 0.2) is 18.3 Å². The van der Waals surface area contributed by atoms with Crippen molar-refractivity contribution in [2.24, 2.45) is 0 Å². The summed E-state index contributed by atoms with van der Waals surface area (Å²) in [6.07, 6.45) is -3.27. The van der Waals surface area contributed by atoms with Crippen LogP contribution >= 0.6 is 0 Å². The van der Waals surface area contributed by atoms with Gasteiger partial charge in [0, 0.05) is 26.4 Å². The average Bonchev–Trinajstić information content (AvgIpc) is 2.75. The van der Waals surface area contributed by atoms with E-state index in [9.17, 15) is 13.2 Å². The Labute approximate surface area is 103 Å². The van der Waals surface area contributed by atoms with Gasteiger partial charge >= 0.3 is 6.18 Å². The molecule has 2 atom stereocenters. The Morgan fingerprint density at radius 3 is 2.89 bits per heavy atom. The minimum atomic E-state index is -4.35. The van der Waals surface area contributed by atoms with Crippen LogP contribution in [0, 0.1) is 0 Å². The van der Waals surface area contributed by atoms with Gasteiger partial charge in [0.2, 0.25) is 0 Å². The van der Waals surface area contributed by atoms with Crippen LogP contribution in [-0.4, -0.2) is 37.3 Å². The second kappa shape index (κ2) is 5.11. The first kappa shape index (κ1) is 13.1. The number of anilines is 1. The van der Waals surface area contributed by atoms with E-state index in [0.29, 0.717) is 13.1 Å². The number of ether oxygens (including phenoxy) is 1. The molecule has 100 valence electrons. The van der Waals surface area contributed by atoms with Crippen LogP contribution in [0.25, 0.3) is 0 Å². The third kappa shape index (κ3) is 2.91. The van der Waals surface area contributed by atoms with Gasteiger partial charge in [-0.3, -0.25) is 0 Å². The van der Waals surface area contributed by atoms with Crippen LogP contribution in [-0.2, 0) is 10.9 Å². The molecule has 0 saturated carbocycles. The van der Waals surface area contributed by atoms with E-state index < -0.39 is 11.7 Å². The van der Waals surface area contributed by atoms with Crippen LogP contribution in [0.1, 0.15) is 5.56 Å². The molecule has 2 rings (SSSR count). The van der Waals surface area contributed by atoms with E-state index >= 15 is 0 Å². The average molecular weight is 261 g/mol. The maximum Gasteiger partial charge on any atom is 0.416 e. The number of aromatic nitrogens is 1. The summed E-state index contributed by atoms with van der Waals surface area (Å²) in [5.74, 6) is 0.209. The highest BCUT2D eigenvalue weighted by atomic mass is 19.4. The van der Waals surface area contributed by atoms with Crippen molar-refractivity contribution in [2.75, 3.05) is 25.5 Å². The zero-order valence-corrected chi connectivity index (χ0v) is 9.79. The molecule has 2 N–H and O–H groups in total. The number of rotatable bonds is 3. The molecule has 1 aromatic heterocycles. The van der Waals surface area contributed by atoms with Gasteiger partial charge in [0.1, 0.15) is 5.82 Å². The molecule has 1 aromatic rings. The van der Waals surface area contributed by atoms with Crippen molar-refractivity contribution in [2.45, 2.75) is 18.3 Å². The highest BCUT2D eigenvalue weighted by Gasteiger charge is 2.32. The monoisotopic (exact) mass is 261 g/mol. The van der Waals surface area contributed by atoms with E-state index in [2.05, 4.69) is 15.6 Å². The molecule has 2 heterocycles. The summed E-state index contributed by atoms with van der Waals surface area (Å²) < 4.78 is 42.8. The lowest BCUT2D eigenvalue weighted by Crippen LogP contribution is -2.33. The Morgan fingerprint density at radius 1 is 1.44 bits per heavy atom. The van der Waals surface area contributed by atoms with Gasteiger partial charge in [-0.1, -0.05) is 0 Å². The predicted octanol–water partition coefficient (Wildman–Crippen LogP) is 1.50. The van der Waals surface area contributed by atoms with Crippen molar-refractivity contribution >= 4 is 5.82 Å². The normalized spacial score (nSPS) is 24.2. The number of alkyl halides is 3. The van der Waals surface area contributed by atoms with E-state index in [1.54, 1.807) is 7.11 Å². The molecular formula is C11H14F3N3O. The molecule has 1 aliphatic rings. The Hall–Kier alpha value is -1.34. The first-order chi connectivity index (χ1) is 8.50. The van der Waals surface area contributed by atoms with Crippen LogP contribution in [0.4, 0.5) is 19.0 Å².